The number of aromatic nitrogens is 7. The maximum atomic E-state index is 15.7. The van der Waals surface area contributed by atoms with Crippen LogP contribution in [0.4, 0.5) is 21.6 Å². The third-order valence-corrected chi connectivity index (χ3v) is 15.4. The van der Waals surface area contributed by atoms with Crippen molar-refractivity contribution in [2.24, 2.45) is 14.1 Å². The lowest BCUT2D eigenvalue weighted by molar-refractivity contribution is -0.122. The summed E-state index contributed by atoms with van der Waals surface area (Å²) >= 11 is 0. The summed E-state index contributed by atoms with van der Waals surface area (Å²) in [5.74, 6) is 0.399. The minimum absolute atomic E-state index is 0.0826. The van der Waals surface area contributed by atoms with Crippen molar-refractivity contribution in [1.82, 2.24) is 54.1 Å². The fraction of sp³-hybridized carbons (Fsp3) is 0.339. The topological polar surface area (TPSA) is 244 Å². The van der Waals surface area contributed by atoms with E-state index in [1.54, 1.807) is 74.0 Å². The van der Waals surface area contributed by atoms with Gasteiger partial charge in [-0.15, -0.1) is 0 Å². The molecule has 23 heteroatoms. The van der Waals surface area contributed by atoms with Gasteiger partial charge in [0.25, 0.3) is 21.8 Å². The molecule has 0 unspecified atom stereocenters. The number of aromatic amines is 1. The summed E-state index contributed by atoms with van der Waals surface area (Å²) in [7, 11) is -1.07. The van der Waals surface area contributed by atoms with Crippen LogP contribution in [0.5, 0.6) is 17.2 Å². The molecule has 4 aromatic carbocycles. The number of halogens is 1. The van der Waals surface area contributed by atoms with Crippen LogP contribution in [-0.2, 0) is 28.9 Å². The standard InChI is InChI=1S/C56H62FN13O8S/c1-4-5-25-77-40-12-10-13-41(28-40)78-50-30-48-47(66(2)56(74)67(48)3)29-45(50)65-79(75,76)42-14-9-11-37(26-42)54(72)59-20-8-6-7-19-58-51(71)35-68-21-23-69(24-22-68)55(73)38-17-18-44(43(57)27-38)63-52-53-60-33-49(39-31-61-62-32-39)70(53)34-46(64-52)36-15-16-36/h9-14,17-18,26-34,36,65H,4-8,15-16,19-25,35H2,1-3H3,(H,58,71)(H,59,72)(H,61,62)(H,63,64). The largest absolute Gasteiger partial charge is 0.493 e. The van der Waals surface area contributed by atoms with Crippen molar-refractivity contribution in [3.63, 3.8) is 0 Å². The molecule has 10 rings (SSSR count). The molecule has 2 fully saturated rings. The molecule has 5 heterocycles. The molecule has 1 saturated carbocycles. The number of carbonyl (C=O) groups excluding carboxylic acids is 3. The number of hydrogen-bond acceptors (Lipinski definition) is 13. The monoisotopic (exact) mass is 1100 g/mol. The molecule has 0 radical (unpaired) electrons. The number of nitrogens with one attached hydrogen (secondary N) is 5. The Morgan fingerprint density at radius 1 is 0.823 bits per heavy atom. The SMILES string of the molecule is CCCCOc1cccc(Oc2cc3c(cc2NS(=O)(=O)c2cccc(C(=O)NCCCCCNC(=O)CN4CCN(C(=O)c5ccc(Nc6nc(C7CC7)cn7c(-c8cn[nH]c8)cnc67)c(F)c5)CC4)c2)n(C)c(=O)n3C)c1. The van der Waals surface area contributed by atoms with Crippen LogP contribution in [0.1, 0.15) is 84.2 Å². The highest BCUT2D eigenvalue weighted by Crippen LogP contribution is 2.41. The van der Waals surface area contributed by atoms with Crippen LogP contribution in [0, 0.1) is 5.82 Å². The quantitative estimate of drug-likeness (QED) is 0.0395. The van der Waals surface area contributed by atoms with Gasteiger partial charge in [-0.1, -0.05) is 25.5 Å². The first-order valence-corrected chi connectivity index (χ1v) is 27.9. The molecular formula is C56H62FN13O8S. The van der Waals surface area contributed by atoms with Crippen LogP contribution in [0.3, 0.4) is 0 Å². The van der Waals surface area contributed by atoms with E-state index >= 15 is 4.39 Å². The van der Waals surface area contributed by atoms with Crippen molar-refractivity contribution in [1.29, 1.82) is 0 Å². The molecule has 21 nitrogen and oxygen atoms in total. The van der Waals surface area contributed by atoms with E-state index in [0.29, 0.717) is 105 Å². The number of fused-ring (bicyclic) bond motifs is 2. The average Bonchev–Trinajstić information content (AvgIpc) is 4.18. The molecule has 0 bridgehead atoms. The lowest BCUT2D eigenvalue weighted by atomic mass is 10.1. The summed E-state index contributed by atoms with van der Waals surface area (Å²) < 4.78 is 63.1. The molecule has 3 amide bonds. The smallest absolute Gasteiger partial charge is 0.328 e. The number of H-pyrrole nitrogens is 1. The summed E-state index contributed by atoms with van der Waals surface area (Å²) in [6.07, 6.45) is 13.1. The summed E-state index contributed by atoms with van der Waals surface area (Å²) in [4.78, 5) is 65.3. The Kier molecular flexibility index (Phi) is 16.1. The van der Waals surface area contributed by atoms with Crippen molar-refractivity contribution in [2.45, 2.75) is 62.7 Å². The lowest BCUT2D eigenvalue weighted by Crippen LogP contribution is -2.51. The maximum absolute atomic E-state index is 15.7. The van der Waals surface area contributed by atoms with Crippen LogP contribution in [0.25, 0.3) is 27.9 Å². The second kappa shape index (κ2) is 23.6. The van der Waals surface area contributed by atoms with E-state index in [0.717, 1.165) is 42.6 Å². The molecule has 4 aromatic heterocycles. The van der Waals surface area contributed by atoms with Gasteiger partial charge in [0.1, 0.15) is 17.3 Å². The number of unbranched alkanes of at least 4 members (excludes halogenated alkanes) is 3. The zero-order valence-electron chi connectivity index (χ0n) is 44.1. The number of piperazine rings is 1. The van der Waals surface area contributed by atoms with E-state index in [2.05, 4.69) is 42.8 Å². The summed E-state index contributed by atoms with van der Waals surface area (Å²) in [6, 6.07) is 20.2. The molecule has 412 valence electrons. The number of imidazole rings is 2. The van der Waals surface area contributed by atoms with Gasteiger partial charge >= 0.3 is 5.69 Å². The predicted octanol–water partition coefficient (Wildman–Crippen LogP) is 7.32. The lowest BCUT2D eigenvalue weighted by Gasteiger charge is -2.34. The fourth-order valence-electron chi connectivity index (χ4n) is 9.44. The number of carbonyl (C=O) groups is 3. The average molecular weight is 1100 g/mol. The van der Waals surface area contributed by atoms with Gasteiger partial charge in [-0.2, -0.15) is 5.10 Å². The second-order valence-electron chi connectivity index (χ2n) is 19.8. The molecule has 0 spiro atoms. The summed E-state index contributed by atoms with van der Waals surface area (Å²) in [6.45, 7) is 5.25. The first-order valence-electron chi connectivity index (χ1n) is 26.5. The summed E-state index contributed by atoms with van der Waals surface area (Å²) in [5, 5.41) is 15.8. The Hall–Kier alpha value is -8.57. The number of aryl methyl sites for hydroxylation is 2. The molecular weight excluding hydrogens is 1030 g/mol. The molecule has 5 N–H and O–H groups in total. The Labute approximate surface area is 455 Å². The van der Waals surface area contributed by atoms with Gasteiger partial charge in [0.2, 0.25) is 5.91 Å². The first-order chi connectivity index (χ1) is 38.2. The third-order valence-electron chi connectivity index (χ3n) is 14.1. The van der Waals surface area contributed by atoms with E-state index in [4.69, 9.17) is 14.5 Å². The number of anilines is 3. The molecule has 1 aliphatic heterocycles. The van der Waals surface area contributed by atoms with Gasteiger partial charge in [0, 0.05) is 100 Å². The van der Waals surface area contributed by atoms with Gasteiger partial charge in [0.15, 0.2) is 17.2 Å². The van der Waals surface area contributed by atoms with Crippen molar-refractivity contribution < 1.29 is 36.7 Å². The minimum atomic E-state index is -4.28. The Morgan fingerprint density at radius 3 is 2.33 bits per heavy atom. The van der Waals surface area contributed by atoms with Gasteiger partial charge in [0.05, 0.1) is 64.2 Å². The highest BCUT2D eigenvalue weighted by atomic mass is 32.2. The Morgan fingerprint density at radius 2 is 1.58 bits per heavy atom. The van der Waals surface area contributed by atoms with Gasteiger partial charge < -0.3 is 30.3 Å². The number of amides is 3. The van der Waals surface area contributed by atoms with Gasteiger partial charge in [-0.3, -0.25) is 42.6 Å². The molecule has 1 saturated heterocycles. The normalized spacial score (nSPS) is 13.9. The number of hydrogen-bond donors (Lipinski definition) is 5. The zero-order chi connectivity index (χ0) is 55.2. The third kappa shape index (κ3) is 12.4. The Balaban J connectivity index is 0.653. The molecule has 8 aromatic rings. The Bertz CT molecular complexity index is 3720. The molecule has 2 aliphatic rings. The summed E-state index contributed by atoms with van der Waals surface area (Å²) in [5.41, 5.74) is 4.43. The number of sulfonamides is 1. The molecule has 79 heavy (non-hydrogen) atoms. The van der Waals surface area contributed by atoms with Crippen LogP contribution in [-0.4, -0.2) is 122 Å². The van der Waals surface area contributed by atoms with Crippen LogP contribution < -0.4 is 35.8 Å². The van der Waals surface area contributed by atoms with Crippen LogP contribution >= 0.6 is 0 Å². The zero-order valence-corrected chi connectivity index (χ0v) is 44.9. The van der Waals surface area contributed by atoms with Crippen LogP contribution in [0.15, 0.2) is 113 Å². The number of nitrogens with zero attached hydrogens (tertiary/aromatic N) is 8. The second-order valence-corrected chi connectivity index (χ2v) is 21.5. The van der Waals surface area contributed by atoms with Gasteiger partial charge in [-0.25, -0.2) is 27.6 Å². The predicted molar refractivity (Wildman–Crippen MR) is 296 cm³/mol. The molecule has 1 aliphatic carbocycles. The first kappa shape index (κ1) is 53.8. The minimum Gasteiger partial charge on any atom is -0.493 e. The van der Waals surface area contributed by atoms with Crippen LogP contribution in [0.2, 0.25) is 0 Å². The van der Waals surface area contributed by atoms with E-state index < -0.39 is 21.7 Å². The molecule has 0 atom stereocenters. The number of benzene rings is 4. The van der Waals surface area contributed by atoms with Crippen molar-refractivity contribution in [3.8, 4) is 28.5 Å². The van der Waals surface area contributed by atoms with E-state index in [-0.39, 0.29) is 57.2 Å². The number of ether oxygens (including phenoxy) is 2. The number of rotatable bonds is 23. The van der Waals surface area contributed by atoms with E-state index in [9.17, 15) is 27.6 Å². The fourth-order valence-corrected chi connectivity index (χ4v) is 10.6. The van der Waals surface area contributed by atoms with E-state index in [1.165, 1.54) is 51.6 Å². The van der Waals surface area contributed by atoms with Crippen molar-refractivity contribution in [2.75, 3.05) is 62.5 Å². The maximum Gasteiger partial charge on any atom is 0.328 e. The highest BCUT2D eigenvalue weighted by molar-refractivity contribution is 7.92. The van der Waals surface area contributed by atoms with E-state index in [1.807, 2.05) is 15.5 Å². The van der Waals surface area contributed by atoms with Gasteiger partial charge in [-0.05, 0) is 93.1 Å². The highest BCUT2D eigenvalue weighted by Gasteiger charge is 2.29. The van der Waals surface area contributed by atoms with Crippen molar-refractivity contribution >= 4 is 61.6 Å². The van der Waals surface area contributed by atoms with Crippen molar-refractivity contribution in [3.05, 3.63) is 137 Å².